The average Bonchev–Trinajstić information content (AvgIpc) is 2.66. The third-order valence-electron chi connectivity index (χ3n) is 5.88. The molecule has 0 amide bonds. The second kappa shape index (κ2) is 7.26. The van der Waals surface area contributed by atoms with Gasteiger partial charge in [0.05, 0.1) is 5.60 Å². The van der Waals surface area contributed by atoms with Crippen molar-refractivity contribution in [2.75, 3.05) is 6.54 Å². The number of hydrogen-bond acceptors (Lipinski definition) is 2. The van der Waals surface area contributed by atoms with Crippen LogP contribution in [-0.2, 0) is 0 Å². The van der Waals surface area contributed by atoms with Gasteiger partial charge in [-0.25, -0.2) is 0 Å². The maximum absolute atomic E-state index is 10.7. The van der Waals surface area contributed by atoms with E-state index in [9.17, 15) is 5.11 Å². The summed E-state index contributed by atoms with van der Waals surface area (Å²) in [5, 5.41) is 14.4. The number of hydrogen-bond donors (Lipinski definition) is 2. The van der Waals surface area contributed by atoms with Crippen LogP contribution in [0.15, 0.2) is 0 Å². The third kappa shape index (κ3) is 4.73. The molecule has 2 nitrogen and oxygen atoms in total. The molecule has 118 valence electrons. The monoisotopic (exact) mass is 281 g/mol. The first-order valence-corrected chi connectivity index (χ1v) is 8.94. The van der Waals surface area contributed by atoms with E-state index >= 15 is 0 Å². The van der Waals surface area contributed by atoms with Gasteiger partial charge in [0.25, 0.3) is 0 Å². The van der Waals surface area contributed by atoms with Crippen molar-refractivity contribution in [3.8, 4) is 0 Å². The van der Waals surface area contributed by atoms with Crippen LogP contribution in [0.1, 0.15) is 78.6 Å². The van der Waals surface area contributed by atoms with E-state index in [0.29, 0.717) is 6.04 Å². The molecular formula is C18H35NO. The normalized spacial score (nSPS) is 39.8. The van der Waals surface area contributed by atoms with E-state index in [1.807, 2.05) is 0 Å². The zero-order valence-corrected chi connectivity index (χ0v) is 13.8. The molecule has 0 spiro atoms. The Labute approximate surface area is 125 Å². The summed E-state index contributed by atoms with van der Waals surface area (Å²) in [7, 11) is 0. The SMILES string of the molecule is CC1CCC(O)(CNC2CCCC(C(C)C)CC2)CC1. The fourth-order valence-electron chi connectivity index (χ4n) is 4.01. The van der Waals surface area contributed by atoms with Gasteiger partial charge in [0.15, 0.2) is 0 Å². The van der Waals surface area contributed by atoms with E-state index in [-0.39, 0.29) is 0 Å². The van der Waals surface area contributed by atoms with Crippen LogP contribution in [0.3, 0.4) is 0 Å². The van der Waals surface area contributed by atoms with Gasteiger partial charge >= 0.3 is 0 Å². The largest absolute Gasteiger partial charge is 0.389 e. The summed E-state index contributed by atoms with van der Waals surface area (Å²) in [6.07, 6.45) is 11.1. The maximum atomic E-state index is 10.7. The zero-order chi connectivity index (χ0) is 14.6. The quantitative estimate of drug-likeness (QED) is 0.760. The van der Waals surface area contributed by atoms with Crippen molar-refractivity contribution in [2.24, 2.45) is 17.8 Å². The second-order valence-corrected chi connectivity index (χ2v) is 8.00. The topological polar surface area (TPSA) is 32.3 Å². The highest BCUT2D eigenvalue weighted by atomic mass is 16.3. The van der Waals surface area contributed by atoms with Gasteiger partial charge < -0.3 is 10.4 Å². The Balaban J connectivity index is 1.74. The minimum absolute atomic E-state index is 0.420. The van der Waals surface area contributed by atoms with Crippen molar-refractivity contribution in [2.45, 2.75) is 90.2 Å². The van der Waals surface area contributed by atoms with Gasteiger partial charge in [0.2, 0.25) is 0 Å². The Morgan fingerprint density at radius 1 is 1.05 bits per heavy atom. The highest BCUT2D eigenvalue weighted by Gasteiger charge is 2.32. The van der Waals surface area contributed by atoms with Crippen LogP contribution in [0, 0.1) is 17.8 Å². The summed E-state index contributed by atoms with van der Waals surface area (Å²) in [6, 6.07) is 0.641. The first-order valence-electron chi connectivity index (χ1n) is 8.94. The molecule has 2 saturated carbocycles. The van der Waals surface area contributed by atoms with Crippen LogP contribution >= 0.6 is 0 Å². The van der Waals surface area contributed by atoms with Crippen LogP contribution < -0.4 is 5.32 Å². The van der Waals surface area contributed by atoms with Crippen molar-refractivity contribution < 1.29 is 5.11 Å². The van der Waals surface area contributed by atoms with Gasteiger partial charge in [-0.1, -0.05) is 33.6 Å². The maximum Gasteiger partial charge on any atom is 0.0771 e. The van der Waals surface area contributed by atoms with E-state index in [1.54, 1.807) is 0 Å². The van der Waals surface area contributed by atoms with E-state index in [1.165, 1.54) is 44.9 Å². The number of aliphatic hydroxyl groups is 1. The molecule has 2 rings (SSSR count). The Kier molecular flexibility index (Phi) is 5.92. The molecule has 2 fully saturated rings. The average molecular weight is 281 g/mol. The van der Waals surface area contributed by atoms with Crippen molar-refractivity contribution >= 4 is 0 Å². The number of rotatable bonds is 4. The van der Waals surface area contributed by atoms with Crippen LogP contribution in [0.2, 0.25) is 0 Å². The molecule has 2 aliphatic rings. The van der Waals surface area contributed by atoms with Crippen LogP contribution in [-0.4, -0.2) is 23.3 Å². The lowest BCUT2D eigenvalue weighted by atomic mass is 9.79. The highest BCUT2D eigenvalue weighted by Crippen LogP contribution is 2.32. The van der Waals surface area contributed by atoms with Crippen molar-refractivity contribution in [3.63, 3.8) is 0 Å². The number of nitrogens with one attached hydrogen (secondary N) is 1. The molecule has 0 aliphatic heterocycles. The van der Waals surface area contributed by atoms with Gasteiger partial charge in [0, 0.05) is 12.6 Å². The summed E-state index contributed by atoms with van der Waals surface area (Å²) >= 11 is 0. The van der Waals surface area contributed by atoms with E-state index in [0.717, 1.165) is 37.1 Å². The minimum atomic E-state index is -0.420. The molecule has 2 heteroatoms. The minimum Gasteiger partial charge on any atom is -0.389 e. The Morgan fingerprint density at radius 2 is 1.75 bits per heavy atom. The summed E-state index contributed by atoms with van der Waals surface area (Å²) < 4.78 is 0. The molecule has 2 unspecified atom stereocenters. The summed E-state index contributed by atoms with van der Waals surface area (Å²) in [5.41, 5.74) is -0.420. The molecule has 0 aromatic heterocycles. The molecule has 0 aromatic carbocycles. The van der Waals surface area contributed by atoms with Gasteiger partial charge in [-0.15, -0.1) is 0 Å². The van der Waals surface area contributed by atoms with Crippen LogP contribution in [0.5, 0.6) is 0 Å². The van der Waals surface area contributed by atoms with Crippen LogP contribution in [0.4, 0.5) is 0 Å². The van der Waals surface area contributed by atoms with Gasteiger partial charge in [0.1, 0.15) is 0 Å². The molecule has 20 heavy (non-hydrogen) atoms. The van der Waals surface area contributed by atoms with Gasteiger partial charge in [-0.3, -0.25) is 0 Å². The molecule has 2 N–H and O–H groups in total. The third-order valence-corrected chi connectivity index (χ3v) is 5.88. The van der Waals surface area contributed by atoms with Crippen LogP contribution in [0.25, 0.3) is 0 Å². The predicted octanol–water partition coefficient (Wildman–Crippen LogP) is 4.12. The van der Waals surface area contributed by atoms with E-state index in [4.69, 9.17) is 0 Å². The first-order chi connectivity index (χ1) is 9.48. The van der Waals surface area contributed by atoms with Crippen molar-refractivity contribution in [1.82, 2.24) is 5.32 Å². The van der Waals surface area contributed by atoms with Gasteiger partial charge in [-0.05, 0) is 62.7 Å². The fraction of sp³-hybridized carbons (Fsp3) is 1.00. The van der Waals surface area contributed by atoms with Crippen molar-refractivity contribution in [1.29, 1.82) is 0 Å². The summed E-state index contributed by atoms with van der Waals surface area (Å²) in [6.45, 7) is 7.86. The Bertz CT molecular complexity index is 281. The lowest BCUT2D eigenvalue weighted by Crippen LogP contribution is -2.46. The lowest BCUT2D eigenvalue weighted by Gasteiger charge is -2.36. The molecule has 0 heterocycles. The summed E-state index contributed by atoms with van der Waals surface area (Å²) in [4.78, 5) is 0. The molecule has 0 bridgehead atoms. The van der Waals surface area contributed by atoms with Crippen molar-refractivity contribution in [3.05, 3.63) is 0 Å². The first kappa shape index (κ1) is 16.3. The molecule has 0 saturated heterocycles. The molecule has 2 atom stereocenters. The second-order valence-electron chi connectivity index (χ2n) is 8.00. The zero-order valence-electron chi connectivity index (χ0n) is 13.8. The standard InChI is InChI=1S/C18H35NO/c1-14(2)16-5-4-6-17(8-7-16)19-13-18(20)11-9-15(3)10-12-18/h14-17,19-20H,4-13H2,1-3H3. The smallest absolute Gasteiger partial charge is 0.0771 e. The summed E-state index contributed by atoms with van der Waals surface area (Å²) in [5.74, 6) is 2.55. The highest BCUT2D eigenvalue weighted by molar-refractivity contribution is 4.88. The lowest BCUT2D eigenvalue weighted by molar-refractivity contribution is -0.00852. The predicted molar refractivity (Wildman–Crippen MR) is 85.8 cm³/mol. The molecular weight excluding hydrogens is 246 g/mol. The Hall–Kier alpha value is -0.0800. The molecule has 0 aromatic rings. The fourth-order valence-corrected chi connectivity index (χ4v) is 4.01. The molecule has 2 aliphatic carbocycles. The van der Waals surface area contributed by atoms with Gasteiger partial charge in [-0.2, -0.15) is 0 Å². The van der Waals surface area contributed by atoms with E-state index in [2.05, 4.69) is 26.1 Å². The Morgan fingerprint density at radius 3 is 2.40 bits per heavy atom. The van der Waals surface area contributed by atoms with E-state index < -0.39 is 5.60 Å². The molecule has 0 radical (unpaired) electrons.